The van der Waals surface area contributed by atoms with Crippen molar-refractivity contribution < 1.29 is 4.43 Å². The van der Waals surface area contributed by atoms with E-state index in [-0.39, 0.29) is 0 Å². The lowest BCUT2D eigenvalue weighted by molar-refractivity contribution is 0.427. The molecule has 0 spiro atoms. The molecule has 0 radical (unpaired) electrons. The summed E-state index contributed by atoms with van der Waals surface area (Å²) in [5.74, 6) is 0. The number of hydrogen-bond donors (Lipinski definition) is 0. The Kier molecular flexibility index (Phi) is 5.26. The maximum Gasteiger partial charge on any atom is 0.207 e. The highest BCUT2D eigenvalue weighted by Gasteiger charge is 2.11. The van der Waals surface area contributed by atoms with Crippen molar-refractivity contribution in [3.63, 3.8) is 0 Å². The van der Waals surface area contributed by atoms with Gasteiger partial charge in [0.1, 0.15) is 0 Å². The SMILES string of the molecule is C=CCCC[SiH](OC)c1ccccc1. The van der Waals surface area contributed by atoms with E-state index in [2.05, 4.69) is 30.8 Å². The molecule has 0 aliphatic carbocycles. The minimum Gasteiger partial charge on any atom is -0.418 e. The molecule has 0 amide bonds. The van der Waals surface area contributed by atoms with Crippen molar-refractivity contribution in [2.75, 3.05) is 7.11 Å². The van der Waals surface area contributed by atoms with Crippen LogP contribution in [0.3, 0.4) is 0 Å². The fraction of sp³-hybridized carbons (Fsp3) is 0.333. The van der Waals surface area contributed by atoms with E-state index in [4.69, 9.17) is 4.43 Å². The van der Waals surface area contributed by atoms with Gasteiger partial charge in [0.2, 0.25) is 9.04 Å². The third-order valence-corrected chi connectivity index (χ3v) is 4.96. The molecule has 1 aromatic carbocycles. The summed E-state index contributed by atoms with van der Waals surface area (Å²) < 4.78 is 5.59. The highest BCUT2D eigenvalue weighted by atomic mass is 28.3. The largest absolute Gasteiger partial charge is 0.418 e. The number of allylic oxidation sites excluding steroid dienone is 1. The van der Waals surface area contributed by atoms with Crippen LogP contribution in [-0.4, -0.2) is 16.2 Å². The van der Waals surface area contributed by atoms with Crippen molar-refractivity contribution in [2.45, 2.75) is 18.9 Å². The molecule has 14 heavy (non-hydrogen) atoms. The molecule has 76 valence electrons. The molecule has 0 N–H and O–H groups in total. The quantitative estimate of drug-likeness (QED) is 0.394. The minimum atomic E-state index is -1.15. The summed E-state index contributed by atoms with van der Waals surface area (Å²) in [5.41, 5.74) is 0. The van der Waals surface area contributed by atoms with Gasteiger partial charge in [0.15, 0.2) is 0 Å². The van der Waals surface area contributed by atoms with Crippen LogP contribution in [0, 0.1) is 0 Å². The van der Waals surface area contributed by atoms with E-state index in [9.17, 15) is 0 Å². The second kappa shape index (κ2) is 6.57. The predicted molar refractivity (Wildman–Crippen MR) is 64.5 cm³/mol. The molecule has 0 bridgehead atoms. The van der Waals surface area contributed by atoms with Gasteiger partial charge in [-0.05, 0) is 17.7 Å². The van der Waals surface area contributed by atoms with Crippen molar-refractivity contribution in [2.24, 2.45) is 0 Å². The number of hydrogen-bond acceptors (Lipinski definition) is 1. The summed E-state index contributed by atoms with van der Waals surface area (Å²) >= 11 is 0. The van der Waals surface area contributed by atoms with Gasteiger partial charge in [-0.15, -0.1) is 6.58 Å². The van der Waals surface area contributed by atoms with Crippen LogP contribution in [0.1, 0.15) is 12.8 Å². The predicted octanol–water partition coefficient (Wildman–Crippen LogP) is 2.23. The number of unbranched alkanes of at least 4 members (excludes halogenated alkanes) is 1. The smallest absolute Gasteiger partial charge is 0.207 e. The zero-order chi connectivity index (χ0) is 10.2. The number of benzene rings is 1. The molecule has 1 atom stereocenters. The van der Waals surface area contributed by atoms with Crippen LogP contribution < -0.4 is 5.19 Å². The van der Waals surface area contributed by atoms with Crippen LogP contribution in [0.25, 0.3) is 0 Å². The Balaban J connectivity index is 2.50. The lowest BCUT2D eigenvalue weighted by Gasteiger charge is -2.12. The molecule has 1 rings (SSSR count). The van der Waals surface area contributed by atoms with Gasteiger partial charge in [-0.25, -0.2) is 0 Å². The molecule has 1 nitrogen and oxygen atoms in total. The van der Waals surface area contributed by atoms with Crippen molar-refractivity contribution in [3.05, 3.63) is 43.0 Å². The molecular formula is C12H18OSi. The van der Waals surface area contributed by atoms with Crippen LogP contribution >= 0.6 is 0 Å². The van der Waals surface area contributed by atoms with Gasteiger partial charge in [0.05, 0.1) is 0 Å². The Bertz CT molecular complexity index is 258. The molecule has 0 aliphatic rings. The van der Waals surface area contributed by atoms with E-state index in [1.165, 1.54) is 17.7 Å². The zero-order valence-corrected chi connectivity index (χ0v) is 9.93. The Morgan fingerprint density at radius 2 is 2.07 bits per heavy atom. The molecule has 0 saturated carbocycles. The molecule has 0 aliphatic heterocycles. The van der Waals surface area contributed by atoms with Gasteiger partial charge < -0.3 is 4.43 Å². The van der Waals surface area contributed by atoms with Crippen molar-refractivity contribution in [1.29, 1.82) is 0 Å². The van der Waals surface area contributed by atoms with Crippen LogP contribution in [0.5, 0.6) is 0 Å². The Labute approximate surface area is 88.1 Å². The van der Waals surface area contributed by atoms with E-state index >= 15 is 0 Å². The molecule has 0 aromatic heterocycles. The van der Waals surface area contributed by atoms with Crippen LogP contribution in [-0.2, 0) is 4.43 Å². The molecular weight excluding hydrogens is 188 g/mol. The summed E-state index contributed by atoms with van der Waals surface area (Å²) in [4.78, 5) is 0. The fourth-order valence-corrected chi connectivity index (χ4v) is 3.64. The average molecular weight is 206 g/mol. The maximum absolute atomic E-state index is 5.59. The van der Waals surface area contributed by atoms with E-state index in [0.29, 0.717) is 0 Å². The van der Waals surface area contributed by atoms with Crippen molar-refractivity contribution in [3.8, 4) is 0 Å². The van der Waals surface area contributed by atoms with E-state index in [1.54, 1.807) is 0 Å². The van der Waals surface area contributed by atoms with Gasteiger partial charge in [0, 0.05) is 7.11 Å². The highest BCUT2D eigenvalue weighted by molar-refractivity contribution is 6.67. The highest BCUT2D eigenvalue weighted by Crippen LogP contribution is 2.03. The molecule has 0 fully saturated rings. The van der Waals surface area contributed by atoms with E-state index in [1.807, 2.05) is 19.3 Å². The monoisotopic (exact) mass is 206 g/mol. The summed E-state index contributed by atoms with van der Waals surface area (Å²) in [6.45, 7) is 3.73. The second-order valence-corrected chi connectivity index (χ2v) is 6.05. The lowest BCUT2D eigenvalue weighted by Crippen LogP contribution is -2.31. The van der Waals surface area contributed by atoms with Crippen molar-refractivity contribution in [1.82, 2.24) is 0 Å². The van der Waals surface area contributed by atoms with Gasteiger partial charge in [0.25, 0.3) is 0 Å². The van der Waals surface area contributed by atoms with Gasteiger partial charge in [-0.1, -0.05) is 42.8 Å². The third kappa shape index (κ3) is 3.48. The van der Waals surface area contributed by atoms with Crippen LogP contribution in [0.4, 0.5) is 0 Å². The zero-order valence-electron chi connectivity index (χ0n) is 8.78. The third-order valence-electron chi connectivity index (χ3n) is 2.33. The summed E-state index contributed by atoms with van der Waals surface area (Å²) in [6, 6.07) is 11.8. The Morgan fingerprint density at radius 3 is 2.64 bits per heavy atom. The van der Waals surface area contributed by atoms with Gasteiger partial charge in [-0.2, -0.15) is 0 Å². The van der Waals surface area contributed by atoms with E-state index in [0.717, 1.165) is 6.42 Å². The Morgan fingerprint density at radius 1 is 1.36 bits per heavy atom. The average Bonchev–Trinajstić information content (AvgIpc) is 2.26. The first-order valence-electron chi connectivity index (χ1n) is 5.07. The first-order valence-corrected chi connectivity index (χ1v) is 6.93. The summed E-state index contributed by atoms with van der Waals surface area (Å²) in [7, 11) is 0.681. The Hall–Kier alpha value is -0.863. The summed E-state index contributed by atoms with van der Waals surface area (Å²) in [5, 5.41) is 1.40. The fourth-order valence-electron chi connectivity index (χ4n) is 1.54. The molecule has 1 aromatic rings. The summed E-state index contributed by atoms with van der Waals surface area (Å²) in [6.07, 6.45) is 4.27. The van der Waals surface area contributed by atoms with Crippen LogP contribution in [0.15, 0.2) is 43.0 Å². The molecule has 2 heteroatoms. The topological polar surface area (TPSA) is 9.23 Å². The minimum absolute atomic E-state index is 1.10. The molecule has 1 unspecified atom stereocenters. The normalized spacial score (nSPS) is 12.4. The lowest BCUT2D eigenvalue weighted by atomic mass is 10.3. The first kappa shape index (κ1) is 11.2. The standard InChI is InChI=1S/C12H18OSi/c1-3-4-8-11-14(13-2)12-9-6-5-7-10-12/h3,5-7,9-10,14H,1,4,8,11H2,2H3. The van der Waals surface area contributed by atoms with Crippen LogP contribution in [0.2, 0.25) is 6.04 Å². The van der Waals surface area contributed by atoms with Crippen molar-refractivity contribution >= 4 is 14.2 Å². The van der Waals surface area contributed by atoms with E-state index < -0.39 is 9.04 Å². The second-order valence-electron chi connectivity index (χ2n) is 3.35. The van der Waals surface area contributed by atoms with Gasteiger partial charge in [-0.3, -0.25) is 0 Å². The number of rotatable bonds is 6. The maximum atomic E-state index is 5.59. The van der Waals surface area contributed by atoms with Gasteiger partial charge >= 0.3 is 0 Å². The first-order chi connectivity index (χ1) is 6.88. The molecule has 0 saturated heterocycles. The molecule has 0 heterocycles.